The van der Waals surface area contributed by atoms with Crippen LogP contribution in [0.15, 0.2) is 48.5 Å². The van der Waals surface area contributed by atoms with Crippen molar-refractivity contribution in [1.29, 1.82) is 5.26 Å². The third-order valence-corrected chi connectivity index (χ3v) is 8.17. The van der Waals surface area contributed by atoms with Gasteiger partial charge in [-0.2, -0.15) is 5.26 Å². The summed E-state index contributed by atoms with van der Waals surface area (Å²) in [4.78, 5) is 14.4. The fourth-order valence-electron chi connectivity index (χ4n) is 4.24. The first-order chi connectivity index (χ1) is 18.1. The number of carbonyl (C=O) groups is 1. The lowest BCUT2D eigenvalue weighted by molar-refractivity contribution is -0.139. The summed E-state index contributed by atoms with van der Waals surface area (Å²) < 4.78 is 38.6. The van der Waals surface area contributed by atoms with Crippen LogP contribution < -0.4 is 9.04 Å². The van der Waals surface area contributed by atoms with E-state index in [1.807, 2.05) is 6.07 Å². The van der Waals surface area contributed by atoms with Crippen LogP contribution in [-0.2, 0) is 19.6 Å². The quantitative estimate of drug-likeness (QED) is 0.362. The SMILES string of the molecule is CCOC(=O)CS(=O)(=O)N(C/C=C/c1cccc(C#N)c1)c1ccc(OC2CCN(C(C)C)CC2)c(Cl)c1. The summed E-state index contributed by atoms with van der Waals surface area (Å²) in [7, 11) is -4.09. The number of rotatable bonds is 11. The third kappa shape index (κ3) is 8.22. The molecule has 1 aliphatic heterocycles. The first-order valence-corrected chi connectivity index (χ1v) is 14.6. The molecular formula is C28H34ClN3O5S. The zero-order chi connectivity index (χ0) is 27.7. The molecule has 0 aromatic heterocycles. The molecule has 1 aliphatic rings. The van der Waals surface area contributed by atoms with Crippen molar-refractivity contribution in [3.05, 3.63) is 64.7 Å². The molecule has 1 fully saturated rings. The van der Waals surface area contributed by atoms with Gasteiger partial charge >= 0.3 is 5.97 Å². The fourth-order valence-corrected chi connectivity index (χ4v) is 5.74. The summed E-state index contributed by atoms with van der Waals surface area (Å²) in [5.41, 5.74) is 1.55. The van der Waals surface area contributed by atoms with Crippen molar-refractivity contribution in [2.45, 2.75) is 45.8 Å². The number of hydrogen-bond donors (Lipinski definition) is 0. The fraction of sp³-hybridized carbons (Fsp3) is 0.429. The van der Waals surface area contributed by atoms with Gasteiger partial charge in [0.2, 0.25) is 10.0 Å². The highest BCUT2D eigenvalue weighted by Gasteiger charge is 2.27. The number of carbonyl (C=O) groups excluding carboxylic acids is 1. The van der Waals surface area contributed by atoms with E-state index in [9.17, 15) is 13.2 Å². The number of benzene rings is 2. The minimum Gasteiger partial charge on any atom is -0.489 e. The average Bonchev–Trinajstić information content (AvgIpc) is 2.88. The molecule has 8 nitrogen and oxygen atoms in total. The average molecular weight is 560 g/mol. The van der Waals surface area contributed by atoms with Gasteiger partial charge in [0, 0.05) is 19.1 Å². The number of sulfonamides is 1. The van der Waals surface area contributed by atoms with E-state index in [1.54, 1.807) is 49.4 Å². The van der Waals surface area contributed by atoms with Gasteiger partial charge in [0.1, 0.15) is 11.9 Å². The van der Waals surface area contributed by atoms with Crippen LogP contribution >= 0.6 is 11.6 Å². The van der Waals surface area contributed by atoms with E-state index in [0.717, 1.165) is 35.8 Å². The molecule has 2 aromatic rings. The van der Waals surface area contributed by atoms with Crippen LogP contribution in [0.5, 0.6) is 5.75 Å². The second kappa shape index (κ2) is 13.7. The van der Waals surface area contributed by atoms with E-state index in [1.165, 1.54) is 6.07 Å². The van der Waals surface area contributed by atoms with Crippen LogP contribution in [0.25, 0.3) is 6.08 Å². The van der Waals surface area contributed by atoms with E-state index in [2.05, 4.69) is 24.8 Å². The van der Waals surface area contributed by atoms with Gasteiger partial charge in [-0.1, -0.05) is 35.9 Å². The Kier molecular flexibility index (Phi) is 10.6. The molecule has 0 aliphatic carbocycles. The summed E-state index contributed by atoms with van der Waals surface area (Å²) in [5.74, 6) is -1.14. The highest BCUT2D eigenvalue weighted by molar-refractivity contribution is 7.93. The standard InChI is InChI=1S/C28H34ClN3O5S/c1-4-36-28(33)20-38(34,35)32(14-6-9-22-7-5-8-23(17-22)19-30)24-10-11-27(26(29)18-24)37-25-12-15-31(16-13-25)21(2)3/h5-11,17-18,21,25H,4,12-16,20H2,1-3H3/b9-6+. The summed E-state index contributed by atoms with van der Waals surface area (Å²) in [6.07, 6.45) is 5.17. The Bertz CT molecular complexity index is 1280. The van der Waals surface area contributed by atoms with Crippen LogP contribution in [-0.4, -0.2) is 63.4 Å². The van der Waals surface area contributed by atoms with Crippen LogP contribution in [0.2, 0.25) is 5.02 Å². The highest BCUT2D eigenvalue weighted by atomic mass is 35.5. The zero-order valence-corrected chi connectivity index (χ0v) is 23.5. The number of halogens is 1. The molecule has 0 radical (unpaired) electrons. The summed E-state index contributed by atoms with van der Waals surface area (Å²) in [6, 6.07) is 14.3. The van der Waals surface area contributed by atoms with Crippen molar-refractivity contribution in [2.75, 3.05) is 36.3 Å². The number of esters is 1. The number of hydrogen-bond acceptors (Lipinski definition) is 7. The van der Waals surface area contributed by atoms with E-state index in [4.69, 9.17) is 26.3 Å². The number of nitrogens with zero attached hydrogens (tertiary/aromatic N) is 3. The van der Waals surface area contributed by atoms with Gasteiger partial charge in [0.05, 0.1) is 35.5 Å². The number of likely N-dealkylation sites (tertiary alicyclic amines) is 1. The molecule has 1 saturated heterocycles. The molecule has 3 rings (SSSR count). The summed E-state index contributed by atoms with van der Waals surface area (Å²) >= 11 is 6.54. The second-order valence-electron chi connectivity index (χ2n) is 9.29. The number of nitriles is 1. The van der Waals surface area contributed by atoms with Crippen molar-refractivity contribution >= 4 is 39.4 Å². The lowest BCUT2D eigenvalue weighted by Crippen LogP contribution is -2.41. The zero-order valence-electron chi connectivity index (χ0n) is 22.0. The lowest BCUT2D eigenvalue weighted by Gasteiger charge is -2.34. The Morgan fingerprint density at radius 2 is 1.97 bits per heavy atom. The van der Waals surface area contributed by atoms with Gasteiger partial charge in [0.15, 0.2) is 5.75 Å². The second-order valence-corrected chi connectivity index (χ2v) is 11.6. The Morgan fingerprint density at radius 3 is 2.61 bits per heavy atom. The van der Waals surface area contributed by atoms with Gasteiger partial charge in [-0.25, -0.2) is 8.42 Å². The molecule has 0 N–H and O–H groups in total. The first-order valence-electron chi connectivity index (χ1n) is 12.7. The van der Waals surface area contributed by atoms with Gasteiger partial charge in [-0.05, 0) is 69.5 Å². The van der Waals surface area contributed by atoms with E-state index < -0.39 is 21.7 Å². The minimum absolute atomic E-state index is 0.0316. The molecule has 10 heteroatoms. The van der Waals surface area contributed by atoms with Crippen molar-refractivity contribution < 1.29 is 22.7 Å². The van der Waals surface area contributed by atoms with Gasteiger partial charge in [-0.3, -0.25) is 9.10 Å². The molecule has 0 unspecified atom stereocenters. The maximum atomic E-state index is 13.2. The van der Waals surface area contributed by atoms with E-state index in [0.29, 0.717) is 23.0 Å². The number of anilines is 1. The van der Waals surface area contributed by atoms with Crippen LogP contribution in [0, 0.1) is 11.3 Å². The predicted molar refractivity (Wildman–Crippen MR) is 150 cm³/mol. The number of ether oxygens (including phenoxy) is 2. The summed E-state index contributed by atoms with van der Waals surface area (Å²) in [5, 5.41) is 9.40. The van der Waals surface area contributed by atoms with Crippen molar-refractivity contribution in [3.63, 3.8) is 0 Å². The van der Waals surface area contributed by atoms with E-state index >= 15 is 0 Å². The monoisotopic (exact) mass is 559 g/mol. The van der Waals surface area contributed by atoms with Crippen LogP contribution in [0.3, 0.4) is 0 Å². The van der Waals surface area contributed by atoms with Gasteiger partial charge < -0.3 is 14.4 Å². The molecule has 0 spiro atoms. The molecule has 0 atom stereocenters. The lowest BCUT2D eigenvalue weighted by atomic mass is 10.1. The highest BCUT2D eigenvalue weighted by Crippen LogP contribution is 2.33. The van der Waals surface area contributed by atoms with Crippen molar-refractivity contribution in [1.82, 2.24) is 4.90 Å². The normalized spacial score (nSPS) is 14.9. The Labute approximate surface area is 230 Å². The van der Waals surface area contributed by atoms with Crippen molar-refractivity contribution in [2.24, 2.45) is 0 Å². The molecule has 0 saturated carbocycles. The smallest absolute Gasteiger partial charge is 0.323 e. The first kappa shape index (κ1) is 29.5. The number of piperidine rings is 1. The Hall–Kier alpha value is -3.06. The Morgan fingerprint density at radius 1 is 1.24 bits per heavy atom. The third-order valence-electron chi connectivity index (χ3n) is 6.24. The molecular weight excluding hydrogens is 526 g/mol. The van der Waals surface area contributed by atoms with Crippen molar-refractivity contribution in [3.8, 4) is 11.8 Å². The topological polar surface area (TPSA) is 99.9 Å². The summed E-state index contributed by atoms with van der Waals surface area (Å²) in [6.45, 7) is 7.89. The molecule has 0 amide bonds. The largest absolute Gasteiger partial charge is 0.489 e. The molecule has 2 aromatic carbocycles. The molecule has 1 heterocycles. The maximum absolute atomic E-state index is 13.2. The molecule has 38 heavy (non-hydrogen) atoms. The maximum Gasteiger partial charge on any atom is 0.323 e. The molecule has 0 bridgehead atoms. The van der Waals surface area contributed by atoms with Gasteiger partial charge in [-0.15, -0.1) is 0 Å². The van der Waals surface area contributed by atoms with Crippen LogP contribution in [0.1, 0.15) is 44.7 Å². The Balaban J connectivity index is 1.81. The van der Waals surface area contributed by atoms with Crippen LogP contribution in [0.4, 0.5) is 5.69 Å². The predicted octanol–water partition coefficient (Wildman–Crippen LogP) is 4.88. The minimum atomic E-state index is -4.09. The van der Waals surface area contributed by atoms with E-state index in [-0.39, 0.29) is 24.3 Å². The van der Waals surface area contributed by atoms with Gasteiger partial charge in [0.25, 0.3) is 0 Å². The molecule has 204 valence electrons.